The minimum absolute atomic E-state index is 0.0897. The van der Waals surface area contributed by atoms with Gasteiger partial charge < -0.3 is 9.88 Å². The lowest BCUT2D eigenvalue weighted by Crippen LogP contribution is -2.28. The van der Waals surface area contributed by atoms with Crippen LogP contribution in [0.15, 0.2) is 29.4 Å². The van der Waals surface area contributed by atoms with Gasteiger partial charge in [0.05, 0.1) is 11.3 Å². The number of hydrogen-bond acceptors (Lipinski definition) is 6. The number of benzene rings is 1. The van der Waals surface area contributed by atoms with Crippen LogP contribution in [0.2, 0.25) is 0 Å². The van der Waals surface area contributed by atoms with E-state index >= 15 is 0 Å². The predicted octanol–water partition coefficient (Wildman–Crippen LogP) is 7.47. The lowest BCUT2D eigenvalue weighted by Gasteiger charge is -2.36. The van der Waals surface area contributed by atoms with E-state index in [2.05, 4.69) is 94.3 Å². The molecule has 6 nitrogen and oxygen atoms in total. The molecule has 0 aliphatic heterocycles. The fourth-order valence-corrected chi connectivity index (χ4v) is 7.15. The van der Waals surface area contributed by atoms with Crippen LogP contribution in [-0.4, -0.2) is 26.4 Å². The summed E-state index contributed by atoms with van der Waals surface area (Å²) in [5, 5.41) is 23.1. The van der Waals surface area contributed by atoms with Gasteiger partial charge in [0.15, 0.2) is 11.0 Å². The maximum absolute atomic E-state index is 13.0. The first-order valence-corrected chi connectivity index (χ1v) is 15.3. The number of nitrogens with zero attached hydrogens (tertiary/aromatic N) is 4. The van der Waals surface area contributed by atoms with Crippen molar-refractivity contribution in [2.75, 3.05) is 11.1 Å². The Morgan fingerprint density at radius 3 is 2.50 bits per heavy atom. The van der Waals surface area contributed by atoms with Crippen LogP contribution in [-0.2, 0) is 29.6 Å². The predicted molar refractivity (Wildman–Crippen MR) is 158 cm³/mol. The number of fused-ring (bicyclic) bond motifs is 1. The molecule has 0 spiro atoms. The van der Waals surface area contributed by atoms with Gasteiger partial charge in [-0.1, -0.05) is 84.0 Å². The second-order valence-corrected chi connectivity index (χ2v) is 13.9. The lowest BCUT2D eigenvalue weighted by molar-refractivity contribution is -0.113. The summed E-state index contributed by atoms with van der Waals surface area (Å²) in [7, 11) is 0. The molecule has 0 saturated heterocycles. The van der Waals surface area contributed by atoms with E-state index in [1.54, 1.807) is 11.3 Å². The third kappa shape index (κ3) is 5.84. The second kappa shape index (κ2) is 11.2. The van der Waals surface area contributed by atoms with Crippen LogP contribution in [0.3, 0.4) is 0 Å². The minimum Gasteiger partial charge on any atom is -0.316 e. The minimum atomic E-state index is -0.128. The number of nitrogens with one attached hydrogen (secondary N) is 1. The highest BCUT2D eigenvalue weighted by atomic mass is 32.2. The molecule has 1 aliphatic carbocycles. The average Bonchev–Trinajstić information content (AvgIpc) is 3.46. The van der Waals surface area contributed by atoms with Gasteiger partial charge in [0.2, 0.25) is 5.91 Å². The first-order chi connectivity index (χ1) is 18.0. The molecule has 1 aliphatic rings. The smallest absolute Gasteiger partial charge is 0.235 e. The molecule has 1 N–H and O–H groups in total. The van der Waals surface area contributed by atoms with Crippen molar-refractivity contribution in [3.8, 4) is 17.5 Å². The maximum atomic E-state index is 13.0. The Bertz CT molecular complexity index is 1340. The van der Waals surface area contributed by atoms with Crippen molar-refractivity contribution >= 4 is 34.0 Å². The zero-order valence-electron chi connectivity index (χ0n) is 23.6. The number of amides is 1. The van der Waals surface area contributed by atoms with Crippen LogP contribution in [0.25, 0.3) is 11.4 Å². The van der Waals surface area contributed by atoms with E-state index in [4.69, 9.17) is 0 Å². The molecule has 4 rings (SSSR count). The summed E-state index contributed by atoms with van der Waals surface area (Å²) < 4.78 is 2.05. The third-order valence-corrected chi connectivity index (χ3v) is 10.2. The number of thioether (sulfide) groups is 1. The van der Waals surface area contributed by atoms with Crippen LogP contribution in [0, 0.1) is 22.7 Å². The summed E-state index contributed by atoms with van der Waals surface area (Å²) in [4.78, 5) is 14.2. The van der Waals surface area contributed by atoms with E-state index in [1.165, 1.54) is 22.2 Å². The number of nitriles is 1. The van der Waals surface area contributed by atoms with E-state index < -0.39 is 0 Å². The van der Waals surface area contributed by atoms with Gasteiger partial charge in [0.1, 0.15) is 11.1 Å². The molecule has 1 unspecified atom stereocenters. The third-order valence-electron chi connectivity index (χ3n) is 8.02. The summed E-state index contributed by atoms with van der Waals surface area (Å²) in [5.74, 6) is 1.49. The Morgan fingerprint density at radius 2 is 1.89 bits per heavy atom. The summed E-state index contributed by atoms with van der Waals surface area (Å²) >= 11 is 2.96. The van der Waals surface area contributed by atoms with Crippen molar-refractivity contribution in [3.05, 3.63) is 45.8 Å². The van der Waals surface area contributed by atoms with Gasteiger partial charge in [-0.3, -0.25) is 4.79 Å². The number of carbonyl (C=O) groups excluding carboxylic acids is 1. The largest absolute Gasteiger partial charge is 0.316 e. The van der Waals surface area contributed by atoms with Gasteiger partial charge in [0.25, 0.3) is 0 Å². The maximum Gasteiger partial charge on any atom is 0.235 e. The van der Waals surface area contributed by atoms with E-state index in [0.717, 1.165) is 42.6 Å². The monoisotopic (exact) mass is 549 g/mol. The highest BCUT2D eigenvalue weighted by Crippen LogP contribution is 2.45. The topological polar surface area (TPSA) is 83.6 Å². The summed E-state index contributed by atoms with van der Waals surface area (Å²) in [6, 6.07) is 10.8. The van der Waals surface area contributed by atoms with E-state index in [9.17, 15) is 10.1 Å². The zero-order valence-corrected chi connectivity index (χ0v) is 25.3. The van der Waals surface area contributed by atoms with Crippen LogP contribution in [0.1, 0.15) is 82.9 Å². The zero-order chi connectivity index (χ0) is 27.7. The highest BCUT2D eigenvalue weighted by Gasteiger charge is 2.34. The standard InChI is InChI=1S/C30H39N5OS2/c1-8-30(6,7)21-14-15-22-23(17-31)27(38-24(22)16-21)32-25(36)18-37-28-34-33-26(35(28)9-2)19-10-12-20(13-11-19)29(3,4)5/h10-13,21H,8-9,14-16,18H2,1-7H3,(H,32,36). The molecule has 1 amide bonds. The Labute approximate surface area is 235 Å². The normalized spacial score (nSPS) is 15.7. The van der Waals surface area contributed by atoms with Crippen LogP contribution < -0.4 is 5.32 Å². The SMILES string of the molecule is CCn1c(SCC(=O)Nc2sc3c(c2C#N)CCC(C(C)(C)CC)C3)nnc1-c1ccc(C(C)(C)C)cc1. The number of carbonyl (C=O) groups is 1. The molecule has 3 aromatic rings. The molecule has 1 atom stereocenters. The molecule has 0 saturated carbocycles. The van der Waals surface area contributed by atoms with Crippen molar-refractivity contribution in [1.82, 2.24) is 14.8 Å². The van der Waals surface area contributed by atoms with E-state index in [1.807, 2.05) is 4.57 Å². The van der Waals surface area contributed by atoms with Crippen molar-refractivity contribution in [1.29, 1.82) is 5.26 Å². The molecule has 1 aromatic carbocycles. The summed E-state index contributed by atoms with van der Waals surface area (Å²) in [5.41, 5.74) is 4.43. The van der Waals surface area contributed by atoms with Gasteiger partial charge in [-0.15, -0.1) is 21.5 Å². The van der Waals surface area contributed by atoms with Gasteiger partial charge in [-0.25, -0.2) is 0 Å². The lowest BCUT2D eigenvalue weighted by atomic mass is 9.69. The summed E-state index contributed by atoms with van der Waals surface area (Å²) in [6.07, 6.45) is 4.12. The Kier molecular flexibility index (Phi) is 8.39. The second-order valence-electron chi connectivity index (χ2n) is 11.8. The first kappa shape index (κ1) is 28.4. The number of thiophene rings is 1. The quantitative estimate of drug-likeness (QED) is 0.295. The molecular weight excluding hydrogens is 510 g/mol. The molecule has 0 bridgehead atoms. The Balaban J connectivity index is 1.44. The van der Waals surface area contributed by atoms with Gasteiger partial charge in [-0.2, -0.15) is 5.26 Å². The van der Waals surface area contributed by atoms with Gasteiger partial charge >= 0.3 is 0 Å². The number of rotatable bonds is 8. The first-order valence-electron chi connectivity index (χ1n) is 13.5. The molecule has 202 valence electrons. The molecule has 2 heterocycles. The van der Waals surface area contributed by atoms with E-state index in [0.29, 0.717) is 28.2 Å². The van der Waals surface area contributed by atoms with Gasteiger partial charge in [0, 0.05) is 17.0 Å². The number of hydrogen-bond donors (Lipinski definition) is 1. The summed E-state index contributed by atoms with van der Waals surface area (Å²) in [6.45, 7) is 16.3. The molecule has 2 aromatic heterocycles. The van der Waals surface area contributed by atoms with Crippen LogP contribution >= 0.6 is 23.1 Å². The number of aromatic nitrogens is 3. The van der Waals surface area contributed by atoms with Crippen LogP contribution in [0.4, 0.5) is 5.00 Å². The Morgan fingerprint density at radius 1 is 1.18 bits per heavy atom. The number of anilines is 1. The van der Waals surface area contributed by atoms with Crippen molar-refractivity contribution in [3.63, 3.8) is 0 Å². The fraction of sp³-hybridized carbons (Fsp3) is 0.533. The van der Waals surface area contributed by atoms with Crippen molar-refractivity contribution in [2.45, 2.75) is 91.3 Å². The Hall–Kier alpha value is -2.63. The molecule has 8 heteroatoms. The molecule has 38 heavy (non-hydrogen) atoms. The highest BCUT2D eigenvalue weighted by molar-refractivity contribution is 7.99. The van der Waals surface area contributed by atoms with Crippen LogP contribution in [0.5, 0.6) is 0 Å². The average molecular weight is 550 g/mol. The molecule has 0 radical (unpaired) electrons. The molecular formula is C30H39N5OS2. The van der Waals surface area contributed by atoms with Gasteiger partial charge in [-0.05, 0) is 54.1 Å². The van der Waals surface area contributed by atoms with Crippen molar-refractivity contribution < 1.29 is 4.79 Å². The fourth-order valence-electron chi connectivity index (χ4n) is 5.05. The van der Waals surface area contributed by atoms with E-state index in [-0.39, 0.29) is 22.5 Å². The molecule has 0 fully saturated rings. The van der Waals surface area contributed by atoms with Crippen molar-refractivity contribution in [2.24, 2.45) is 11.3 Å².